The molecule has 0 unspecified atom stereocenters. The van der Waals surface area contributed by atoms with Crippen LogP contribution in [0.2, 0.25) is 0 Å². The molecule has 0 radical (unpaired) electrons. The van der Waals surface area contributed by atoms with E-state index in [1.165, 1.54) is 17.0 Å². The van der Waals surface area contributed by atoms with Crippen LogP contribution in [0.5, 0.6) is 0 Å². The third-order valence-corrected chi connectivity index (χ3v) is 3.46. The van der Waals surface area contributed by atoms with Crippen LogP contribution >= 0.6 is 15.9 Å². The van der Waals surface area contributed by atoms with Gasteiger partial charge in [-0.05, 0) is 42.5 Å². The zero-order valence-corrected chi connectivity index (χ0v) is 13.1. The molecule has 0 aromatic heterocycles. The lowest BCUT2D eigenvalue weighted by Crippen LogP contribution is -2.31. The summed E-state index contributed by atoms with van der Waals surface area (Å²) in [5.74, 6) is 0. The van der Waals surface area contributed by atoms with Crippen LogP contribution in [0, 0.1) is 0 Å². The first kappa shape index (κ1) is 16.4. The number of amides is 2. The highest BCUT2D eigenvalue weighted by Crippen LogP contribution is 2.30. The third kappa shape index (κ3) is 4.00. The van der Waals surface area contributed by atoms with Crippen LogP contribution in [-0.4, -0.2) is 13.1 Å². The van der Waals surface area contributed by atoms with Gasteiger partial charge < -0.3 is 5.32 Å². The van der Waals surface area contributed by atoms with E-state index in [2.05, 4.69) is 21.2 Å². The lowest BCUT2D eigenvalue weighted by atomic mass is 10.2. The first-order chi connectivity index (χ1) is 10.3. The summed E-state index contributed by atoms with van der Waals surface area (Å²) < 4.78 is 38.2. The molecule has 116 valence electrons. The Labute approximate surface area is 133 Å². The van der Waals surface area contributed by atoms with Gasteiger partial charge in [-0.2, -0.15) is 13.2 Å². The van der Waals surface area contributed by atoms with Gasteiger partial charge in [0.15, 0.2) is 0 Å². The zero-order valence-electron chi connectivity index (χ0n) is 11.5. The van der Waals surface area contributed by atoms with Crippen molar-refractivity contribution in [3.63, 3.8) is 0 Å². The monoisotopic (exact) mass is 372 g/mol. The van der Waals surface area contributed by atoms with Crippen molar-refractivity contribution in [2.75, 3.05) is 17.3 Å². The standard InChI is InChI=1S/C15H12BrF3N2O/c1-21(13-4-2-3-11(16)9-13)14(22)20-12-7-5-10(6-8-12)15(17,18)19/h2-9H,1H3,(H,20,22). The van der Waals surface area contributed by atoms with Gasteiger partial charge in [-0.3, -0.25) is 4.90 Å². The Bertz CT molecular complexity index is 671. The summed E-state index contributed by atoms with van der Waals surface area (Å²) in [5, 5.41) is 2.54. The minimum Gasteiger partial charge on any atom is -0.308 e. The molecular formula is C15H12BrF3N2O. The second-order valence-electron chi connectivity index (χ2n) is 4.54. The number of carbonyl (C=O) groups excluding carboxylic acids is 1. The number of benzene rings is 2. The van der Waals surface area contributed by atoms with Gasteiger partial charge in [0.25, 0.3) is 0 Å². The summed E-state index contributed by atoms with van der Waals surface area (Å²) in [4.78, 5) is 13.4. The summed E-state index contributed by atoms with van der Waals surface area (Å²) in [6.45, 7) is 0. The van der Waals surface area contributed by atoms with Crippen LogP contribution < -0.4 is 10.2 Å². The summed E-state index contributed by atoms with van der Waals surface area (Å²) in [6, 6.07) is 10.9. The molecule has 0 aliphatic carbocycles. The molecule has 7 heteroatoms. The fourth-order valence-corrected chi connectivity index (χ4v) is 2.14. The number of nitrogens with one attached hydrogen (secondary N) is 1. The van der Waals surface area contributed by atoms with Crippen molar-refractivity contribution < 1.29 is 18.0 Å². The average molecular weight is 373 g/mol. The van der Waals surface area contributed by atoms with E-state index < -0.39 is 17.8 Å². The number of hydrogen-bond acceptors (Lipinski definition) is 1. The number of carbonyl (C=O) groups is 1. The number of nitrogens with zero attached hydrogens (tertiary/aromatic N) is 1. The smallest absolute Gasteiger partial charge is 0.308 e. The molecule has 0 saturated carbocycles. The molecule has 0 aliphatic rings. The summed E-state index contributed by atoms with van der Waals surface area (Å²) in [6.07, 6.45) is -4.39. The SMILES string of the molecule is CN(C(=O)Nc1ccc(C(F)(F)F)cc1)c1cccc(Br)c1. The van der Waals surface area contributed by atoms with Crippen molar-refractivity contribution in [1.82, 2.24) is 0 Å². The van der Waals surface area contributed by atoms with Crippen LogP contribution in [0.3, 0.4) is 0 Å². The van der Waals surface area contributed by atoms with E-state index in [0.717, 1.165) is 16.6 Å². The Morgan fingerprint density at radius 1 is 1.14 bits per heavy atom. The van der Waals surface area contributed by atoms with E-state index in [4.69, 9.17) is 0 Å². The third-order valence-electron chi connectivity index (χ3n) is 2.96. The normalized spacial score (nSPS) is 11.1. The van der Waals surface area contributed by atoms with Crippen molar-refractivity contribution in [1.29, 1.82) is 0 Å². The molecule has 2 aromatic carbocycles. The number of rotatable bonds is 2. The molecule has 2 amide bonds. The maximum atomic E-state index is 12.5. The Morgan fingerprint density at radius 3 is 2.32 bits per heavy atom. The largest absolute Gasteiger partial charge is 0.416 e. The molecule has 22 heavy (non-hydrogen) atoms. The Balaban J connectivity index is 2.08. The molecular weight excluding hydrogens is 361 g/mol. The zero-order chi connectivity index (χ0) is 16.3. The van der Waals surface area contributed by atoms with Gasteiger partial charge >= 0.3 is 12.2 Å². The predicted octanol–water partition coefficient (Wildman–Crippen LogP) is 5.14. The number of halogens is 4. The summed E-state index contributed by atoms with van der Waals surface area (Å²) >= 11 is 3.31. The quantitative estimate of drug-likeness (QED) is 0.777. The molecule has 0 aliphatic heterocycles. The van der Waals surface area contributed by atoms with E-state index in [-0.39, 0.29) is 0 Å². The van der Waals surface area contributed by atoms with Crippen molar-refractivity contribution in [3.05, 3.63) is 58.6 Å². The molecule has 0 atom stereocenters. The minimum absolute atomic E-state index is 0.292. The topological polar surface area (TPSA) is 32.3 Å². The molecule has 0 bridgehead atoms. The van der Waals surface area contributed by atoms with Gasteiger partial charge in [-0.1, -0.05) is 22.0 Å². The van der Waals surface area contributed by atoms with Crippen LogP contribution in [0.25, 0.3) is 0 Å². The van der Waals surface area contributed by atoms with Gasteiger partial charge in [0.1, 0.15) is 0 Å². The van der Waals surface area contributed by atoms with Crippen molar-refractivity contribution >= 4 is 33.3 Å². The van der Waals surface area contributed by atoms with Crippen LogP contribution in [-0.2, 0) is 6.18 Å². The predicted molar refractivity (Wildman–Crippen MR) is 83.0 cm³/mol. The first-order valence-corrected chi connectivity index (χ1v) is 7.04. The fraction of sp³-hybridized carbons (Fsp3) is 0.133. The Hall–Kier alpha value is -2.02. The Morgan fingerprint density at radius 2 is 1.77 bits per heavy atom. The lowest BCUT2D eigenvalue weighted by Gasteiger charge is -2.18. The van der Waals surface area contributed by atoms with Gasteiger partial charge in [0.2, 0.25) is 0 Å². The number of hydrogen-bond donors (Lipinski definition) is 1. The van der Waals surface area contributed by atoms with Gasteiger partial charge in [0.05, 0.1) is 5.56 Å². The van der Waals surface area contributed by atoms with E-state index in [1.54, 1.807) is 25.2 Å². The highest BCUT2D eigenvalue weighted by Gasteiger charge is 2.30. The van der Waals surface area contributed by atoms with Crippen molar-refractivity contribution in [2.24, 2.45) is 0 Å². The van der Waals surface area contributed by atoms with Gasteiger partial charge in [-0.25, -0.2) is 4.79 Å². The van der Waals surface area contributed by atoms with E-state index in [9.17, 15) is 18.0 Å². The van der Waals surface area contributed by atoms with Crippen LogP contribution in [0.4, 0.5) is 29.3 Å². The average Bonchev–Trinajstić information content (AvgIpc) is 2.46. The molecule has 0 fully saturated rings. The van der Waals surface area contributed by atoms with E-state index >= 15 is 0 Å². The maximum Gasteiger partial charge on any atom is 0.416 e. The van der Waals surface area contributed by atoms with Gasteiger partial charge in [-0.15, -0.1) is 0 Å². The summed E-state index contributed by atoms with van der Waals surface area (Å²) in [7, 11) is 1.57. The highest BCUT2D eigenvalue weighted by atomic mass is 79.9. The van der Waals surface area contributed by atoms with Crippen LogP contribution in [0.15, 0.2) is 53.0 Å². The number of anilines is 2. The highest BCUT2D eigenvalue weighted by molar-refractivity contribution is 9.10. The Kier molecular flexibility index (Phi) is 4.75. The first-order valence-electron chi connectivity index (χ1n) is 6.25. The molecule has 3 nitrogen and oxygen atoms in total. The second-order valence-corrected chi connectivity index (χ2v) is 5.46. The molecule has 2 aromatic rings. The molecule has 0 heterocycles. The number of urea groups is 1. The molecule has 1 N–H and O–H groups in total. The van der Waals surface area contributed by atoms with E-state index in [1.807, 2.05) is 6.07 Å². The second kappa shape index (κ2) is 6.39. The maximum absolute atomic E-state index is 12.5. The number of alkyl halides is 3. The fourth-order valence-electron chi connectivity index (χ4n) is 1.75. The summed E-state index contributed by atoms with van der Waals surface area (Å²) in [5.41, 5.74) is 0.185. The van der Waals surface area contributed by atoms with Gasteiger partial charge in [0, 0.05) is 22.9 Å². The lowest BCUT2D eigenvalue weighted by molar-refractivity contribution is -0.137. The molecule has 0 saturated heterocycles. The van der Waals surface area contributed by atoms with E-state index in [0.29, 0.717) is 11.4 Å². The minimum atomic E-state index is -4.39. The van der Waals surface area contributed by atoms with Crippen molar-refractivity contribution in [2.45, 2.75) is 6.18 Å². The van der Waals surface area contributed by atoms with Crippen molar-refractivity contribution in [3.8, 4) is 0 Å². The molecule has 2 rings (SSSR count). The van der Waals surface area contributed by atoms with Crippen LogP contribution in [0.1, 0.15) is 5.56 Å². The molecule has 0 spiro atoms.